The second-order valence-corrected chi connectivity index (χ2v) is 6.90. The molecule has 0 heterocycles. The molecule has 0 aliphatic rings. The van der Waals surface area contributed by atoms with Crippen molar-refractivity contribution in [2.45, 2.75) is 92.4 Å². The van der Waals surface area contributed by atoms with E-state index in [2.05, 4.69) is 6.92 Å². The summed E-state index contributed by atoms with van der Waals surface area (Å²) in [4.78, 5) is 48.5. The molecule has 0 aliphatic heterocycles. The van der Waals surface area contributed by atoms with Crippen LogP contribution >= 0.6 is 0 Å². The summed E-state index contributed by atoms with van der Waals surface area (Å²) in [7, 11) is 0. The summed E-state index contributed by atoms with van der Waals surface area (Å²) in [6.45, 7) is 7.29. The third-order valence-electron chi connectivity index (χ3n) is 5.03. The molecule has 24 heavy (non-hydrogen) atoms. The zero-order valence-corrected chi connectivity index (χ0v) is 16.1. The first-order valence-corrected chi connectivity index (χ1v) is 9.26. The minimum absolute atomic E-state index is 0.251. The average Bonchev–Trinajstić information content (AvgIpc) is 2.47. The molecule has 4 heteroatoms. The van der Waals surface area contributed by atoms with E-state index in [9.17, 15) is 19.2 Å². The van der Waals surface area contributed by atoms with Crippen LogP contribution in [-0.2, 0) is 19.2 Å². The van der Waals surface area contributed by atoms with Crippen molar-refractivity contribution in [1.82, 2.24) is 0 Å². The number of unbranched alkanes of at least 4 members (excludes halogenated alkanes) is 7. The summed E-state index contributed by atoms with van der Waals surface area (Å²) in [6, 6.07) is 0. The smallest absolute Gasteiger partial charge is 0.154 e. The number of ketones is 4. The Bertz CT molecular complexity index is 415. The molecule has 0 bridgehead atoms. The molecule has 0 saturated heterocycles. The van der Waals surface area contributed by atoms with Crippen molar-refractivity contribution in [3.8, 4) is 0 Å². The van der Waals surface area contributed by atoms with Crippen molar-refractivity contribution in [3.63, 3.8) is 0 Å². The van der Waals surface area contributed by atoms with Crippen LogP contribution in [0.4, 0.5) is 0 Å². The second-order valence-electron chi connectivity index (χ2n) is 6.90. The Labute approximate surface area is 146 Å². The lowest BCUT2D eigenvalue weighted by atomic mass is 9.64. The first kappa shape index (κ1) is 22.7. The number of carbonyl (C=O) groups excluding carboxylic acids is 4. The number of hydrogen-bond donors (Lipinski definition) is 0. The summed E-state index contributed by atoms with van der Waals surface area (Å²) in [5.41, 5.74) is -1.78. The van der Waals surface area contributed by atoms with E-state index in [1.165, 1.54) is 59.8 Å². The molecule has 0 aromatic rings. The minimum Gasteiger partial charge on any atom is -0.300 e. The van der Waals surface area contributed by atoms with Crippen molar-refractivity contribution in [3.05, 3.63) is 0 Å². The first-order valence-electron chi connectivity index (χ1n) is 9.26. The van der Waals surface area contributed by atoms with Crippen LogP contribution in [0.2, 0.25) is 0 Å². The highest BCUT2D eigenvalue weighted by molar-refractivity contribution is 6.25. The maximum absolute atomic E-state index is 12.1. The van der Waals surface area contributed by atoms with Crippen molar-refractivity contribution in [2.24, 2.45) is 11.3 Å². The maximum atomic E-state index is 12.1. The van der Waals surface area contributed by atoms with Crippen molar-refractivity contribution >= 4 is 23.1 Å². The SMILES string of the molecule is CCCCCCCCCCC(C(C)=O)C(C(C)=O)(C(C)=O)C(C)=O. The zero-order chi connectivity index (χ0) is 18.8. The van der Waals surface area contributed by atoms with Gasteiger partial charge in [0.1, 0.15) is 5.78 Å². The third-order valence-corrected chi connectivity index (χ3v) is 5.03. The molecule has 0 rings (SSSR count). The summed E-state index contributed by atoms with van der Waals surface area (Å²) in [6.07, 6.45) is 9.37. The van der Waals surface area contributed by atoms with Crippen LogP contribution < -0.4 is 0 Å². The number of rotatable bonds is 14. The summed E-state index contributed by atoms with van der Waals surface area (Å²) in [5.74, 6) is -2.62. The average molecular weight is 338 g/mol. The fraction of sp³-hybridized carbons (Fsp3) is 0.800. The van der Waals surface area contributed by atoms with Crippen molar-refractivity contribution in [1.29, 1.82) is 0 Å². The number of carbonyl (C=O) groups is 4. The standard InChI is InChI=1S/C20H34O4/c1-6-7-8-9-10-11-12-13-14-19(15(2)21)20(16(3)22,17(4)23)18(5)24/h19H,6-14H2,1-5H3. The quantitative estimate of drug-likeness (QED) is 0.346. The van der Waals surface area contributed by atoms with Crippen LogP contribution in [-0.4, -0.2) is 23.1 Å². The van der Waals surface area contributed by atoms with E-state index in [1.54, 1.807) is 0 Å². The van der Waals surface area contributed by atoms with E-state index < -0.39 is 28.7 Å². The van der Waals surface area contributed by atoms with E-state index >= 15 is 0 Å². The van der Waals surface area contributed by atoms with Gasteiger partial charge in [0.05, 0.1) is 0 Å². The van der Waals surface area contributed by atoms with Crippen LogP contribution in [0.3, 0.4) is 0 Å². The van der Waals surface area contributed by atoms with Gasteiger partial charge in [0.2, 0.25) is 0 Å². The van der Waals surface area contributed by atoms with Gasteiger partial charge in [-0.25, -0.2) is 0 Å². The van der Waals surface area contributed by atoms with E-state index in [0.717, 1.165) is 19.3 Å². The lowest BCUT2D eigenvalue weighted by Crippen LogP contribution is -2.51. The molecule has 0 fully saturated rings. The van der Waals surface area contributed by atoms with E-state index in [4.69, 9.17) is 0 Å². The summed E-state index contributed by atoms with van der Waals surface area (Å²) < 4.78 is 0. The molecule has 0 amide bonds. The van der Waals surface area contributed by atoms with E-state index in [0.29, 0.717) is 6.42 Å². The van der Waals surface area contributed by atoms with Crippen LogP contribution in [0.15, 0.2) is 0 Å². The van der Waals surface area contributed by atoms with Gasteiger partial charge >= 0.3 is 0 Å². The fourth-order valence-corrected chi connectivity index (χ4v) is 3.69. The lowest BCUT2D eigenvalue weighted by Gasteiger charge is -2.33. The largest absolute Gasteiger partial charge is 0.300 e. The fourth-order valence-electron chi connectivity index (χ4n) is 3.69. The molecule has 1 unspecified atom stereocenters. The summed E-state index contributed by atoms with van der Waals surface area (Å²) in [5, 5.41) is 0. The lowest BCUT2D eigenvalue weighted by molar-refractivity contribution is -0.154. The highest BCUT2D eigenvalue weighted by Crippen LogP contribution is 2.36. The monoisotopic (exact) mass is 338 g/mol. The van der Waals surface area contributed by atoms with E-state index in [-0.39, 0.29) is 5.78 Å². The highest BCUT2D eigenvalue weighted by Gasteiger charge is 2.53. The Hall–Kier alpha value is -1.32. The van der Waals surface area contributed by atoms with Crippen molar-refractivity contribution < 1.29 is 19.2 Å². The molecular formula is C20H34O4. The molecule has 0 spiro atoms. The Morgan fingerprint density at radius 2 is 1.04 bits per heavy atom. The normalized spacial score (nSPS) is 12.7. The van der Waals surface area contributed by atoms with Gasteiger partial charge in [-0.15, -0.1) is 0 Å². The first-order chi connectivity index (χ1) is 11.2. The van der Waals surface area contributed by atoms with Crippen molar-refractivity contribution in [2.75, 3.05) is 0 Å². The zero-order valence-electron chi connectivity index (χ0n) is 16.1. The molecule has 138 valence electrons. The second kappa shape index (κ2) is 11.3. The Morgan fingerprint density at radius 1 is 0.667 bits per heavy atom. The topological polar surface area (TPSA) is 68.3 Å². The Balaban J connectivity index is 4.79. The molecule has 0 aromatic heterocycles. The van der Waals surface area contributed by atoms with Gasteiger partial charge in [-0.05, 0) is 34.1 Å². The number of Topliss-reactive ketones (excluding diaryl/α,β-unsaturated/α-hetero) is 4. The molecule has 0 saturated carbocycles. The van der Waals surface area contributed by atoms with Gasteiger partial charge in [0, 0.05) is 5.92 Å². The number of hydrogen-bond acceptors (Lipinski definition) is 4. The highest BCUT2D eigenvalue weighted by atomic mass is 16.2. The van der Waals surface area contributed by atoms with Crippen LogP contribution in [0.5, 0.6) is 0 Å². The van der Waals surface area contributed by atoms with Crippen LogP contribution in [0, 0.1) is 11.3 Å². The molecule has 0 radical (unpaired) electrons. The van der Waals surface area contributed by atoms with Crippen LogP contribution in [0.25, 0.3) is 0 Å². The Morgan fingerprint density at radius 3 is 1.38 bits per heavy atom. The minimum atomic E-state index is -1.78. The van der Waals surface area contributed by atoms with Gasteiger partial charge < -0.3 is 0 Å². The summed E-state index contributed by atoms with van der Waals surface area (Å²) >= 11 is 0. The third kappa shape index (κ3) is 5.95. The van der Waals surface area contributed by atoms with Gasteiger partial charge in [-0.2, -0.15) is 0 Å². The molecule has 0 aromatic carbocycles. The maximum Gasteiger partial charge on any atom is 0.154 e. The van der Waals surface area contributed by atoms with Gasteiger partial charge in [-0.3, -0.25) is 19.2 Å². The van der Waals surface area contributed by atoms with E-state index in [1.807, 2.05) is 0 Å². The molecule has 1 atom stereocenters. The van der Waals surface area contributed by atoms with Crippen LogP contribution in [0.1, 0.15) is 92.4 Å². The predicted molar refractivity (Wildman–Crippen MR) is 95.9 cm³/mol. The van der Waals surface area contributed by atoms with Gasteiger partial charge in [0.25, 0.3) is 0 Å². The molecule has 0 N–H and O–H groups in total. The molecular weight excluding hydrogens is 304 g/mol. The van der Waals surface area contributed by atoms with Gasteiger partial charge in [-0.1, -0.05) is 58.3 Å². The molecule has 0 aliphatic carbocycles. The molecule has 4 nitrogen and oxygen atoms in total. The van der Waals surface area contributed by atoms with Gasteiger partial charge in [0.15, 0.2) is 22.8 Å². The predicted octanol–water partition coefficient (Wildman–Crippen LogP) is 4.48. The Kier molecular flexibility index (Phi) is 10.7.